The zero-order valence-electron chi connectivity index (χ0n) is 12.6. The molecule has 0 bridgehead atoms. The van der Waals surface area contributed by atoms with Gasteiger partial charge in [-0.1, -0.05) is 6.07 Å². The smallest absolute Gasteiger partial charge is 0.135 e. The van der Waals surface area contributed by atoms with Gasteiger partial charge in [0.1, 0.15) is 17.2 Å². The molecule has 21 heavy (non-hydrogen) atoms. The molecule has 5 heteroatoms. The van der Waals surface area contributed by atoms with Gasteiger partial charge in [0.15, 0.2) is 0 Å². The van der Waals surface area contributed by atoms with Crippen molar-refractivity contribution in [2.24, 2.45) is 0 Å². The number of aromatic nitrogens is 1. The number of aliphatic hydroxyl groups is 1. The van der Waals surface area contributed by atoms with E-state index in [-0.39, 0.29) is 6.61 Å². The summed E-state index contributed by atoms with van der Waals surface area (Å²) in [5.41, 5.74) is 3.05. The highest BCUT2D eigenvalue weighted by atomic mass is 16.5. The van der Waals surface area contributed by atoms with Crippen molar-refractivity contribution in [3.05, 3.63) is 35.5 Å². The molecule has 0 spiro atoms. The van der Waals surface area contributed by atoms with E-state index >= 15 is 0 Å². The van der Waals surface area contributed by atoms with Crippen LogP contribution in [0, 0.1) is 6.92 Å². The molecule has 2 aromatic rings. The van der Waals surface area contributed by atoms with Gasteiger partial charge in [-0.15, -0.1) is 0 Å². The first-order chi connectivity index (χ1) is 10.1. The van der Waals surface area contributed by atoms with Crippen molar-refractivity contribution >= 4 is 0 Å². The van der Waals surface area contributed by atoms with Crippen LogP contribution >= 0.6 is 0 Å². The molecule has 0 amide bonds. The Kier molecular flexibility index (Phi) is 4.65. The van der Waals surface area contributed by atoms with Crippen LogP contribution in [0.15, 0.2) is 24.3 Å². The van der Waals surface area contributed by atoms with E-state index in [1.165, 1.54) is 0 Å². The molecule has 0 unspecified atom stereocenters. The third kappa shape index (κ3) is 2.92. The van der Waals surface area contributed by atoms with E-state index in [0.29, 0.717) is 17.2 Å². The zero-order chi connectivity index (χ0) is 15.4. The van der Waals surface area contributed by atoms with E-state index in [2.05, 4.69) is 4.98 Å². The summed E-state index contributed by atoms with van der Waals surface area (Å²) in [5, 5.41) is 9.24. The number of aliphatic hydroxyl groups excluding tert-OH is 1. The molecule has 0 saturated carbocycles. The maximum absolute atomic E-state index is 9.24. The van der Waals surface area contributed by atoms with Crippen molar-refractivity contribution in [1.29, 1.82) is 0 Å². The Morgan fingerprint density at radius 3 is 2.05 bits per heavy atom. The Morgan fingerprint density at radius 2 is 1.62 bits per heavy atom. The van der Waals surface area contributed by atoms with Gasteiger partial charge in [-0.25, -0.2) is 0 Å². The third-order valence-electron chi connectivity index (χ3n) is 3.34. The SMILES string of the molecule is COc1cc(OC)c(-c2ccc(CO)c(C)n2)c(OC)c1. The maximum atomic E-state index is 9.24. The first kappa shape index (κ1) is 15.1. The highest BCUT2D eigenvalue weighted by Crippen LogP contribution is 2.41. The Morgan fingerprint density at radius 1 is 1.00 bits per heavy atom. The van der Waals surface area contributed by atoms with Crippen molar-refractivity contribution in [2.75, 3.05) is 21.3 Å². The number of methoxy groups -OCH3 is 3. The normalized spacial score (nSPS) is 10.3. The zero-order valence-corrected chi connectivity index (χ0v) is 12.6. The first-order valence-corrected chi connectivity index (χ1v) is 6.52. The maximum Gasteiger partial charge on any atom is 0.135 e. The average molecular weight is 289 g/mol. The molecular weight excluding hydrogens is 270 g/mol. The van der Waals surface area contributed by atoms with Crippen LogP contribution in [-0.4, -0.2) is 31.4 Å². The Labute approximate surface area is 124 Å². The summed E-state index contributed by atoms with van der Waals surface area (Å²) >= 11 is 0. The Hall–Kier alpha value is -2.27. The second kappa shape index (κ2) is 6.45. The largest absolute Gasteiger partial charge is 0.496 e. The summed E-state index contributed by atoms with van der Waals surface area (Å²) in [6.07, 6.45) is 0. The lowest BCUT2D eigenvalue weighted by atomic mass is 10.1. The van der Waals surface area contributed by atoms with Crippen LogP contribution in [0.5, 0.6) is 17.2 Å². The minimum absolute atomic E-state index is 0.0318. The summed E-state index contributed by atoms with van der Waals surface area (Å²) in [4.78, 5) is 4.53. The van der Waals surface area contributed by atoms with Crippen LogP contribution in [-0.2, 0) is 6.61 Å². The van der Waals surface area contributed by atoms with Crippen LogP contribution in [0.4, 0.5) is 0 Å². The van der Waals surface area contributed by atoms with E-state index in [1.54, 1.807) is 33.5 Å². The van der Waals surface area contributed by atoms with Crippen LogP contribution < -0.4 is 14.2 Å². The van der Waals surface area contributed by atoms with E-state index < -0.39 is 0 Å². The standard InChI is InChI=1S/C16H19NO4/c1-10-11(9-18)5-6-13(17-10)16-14(20-3)7-12(19-2)8-15(16)21-4/h5-8,18H,9H2,1-4H3. The number of benzene rings is 1. The van der Waals surface area contributed by atoms with E-state index in [9.17, 15) is 5.11 Å². The number of nitrogens with zero attached hydrogens (tertiary/aromatic N) is 1. The minimum atomic E-state index is -0.0318. The van der Waals surface area contributed by atoms with Crippen molar-refractivity contribution in [3.63, 3.8) is 0 Å². The van der Waals surface area contributed by atoms with Gasteiger partial charge in [0.25, 0.3) is 0 Å². The molecule has 5 nitrogen and oxygen atoms in total. The lowest BCUT2D eigenvalue weighted by Gasteiger charge is -2.15. The van der Waals surface area contributed by atoms with Crippen LogP contribution in [0.25, 0.3) is 11.3 Å². The van der Waals surface area contributed by atoms with Crippen molar-refractivity contribution in [2.45, 2.75) is 13.5 Å². The quantitative estimate of drug-likeness (QED) is 0.916. The predicted molar refractivity (Wildman–Crippen MR) is 80.0 cm³/mol. The van der Waals surface area contributed by atoms with E-state index in [1.807, 2.05) is 19.1 Å². The van der Waals surface area contributed by atoms with Gasteiger partial charge in [0, 0.05) is 17.8 Å². The topological polar surface area (TPSA) is 60.8 Å². The summed E-state index contributed by atoms with van der Waals surface area (Å²) in [7, 11) is 4.77. The molecule has 0 aliphatic carbocycles. The highest BCUT2D eigenvalue weighted by molar-refractivity contribution is 5.76. The number of rotatable bonds is 5. The molecule has 1 aromatic carbocycles. The van der Waals surface area contributed by atoms with Gasteiger partial charge in [0.2, 0.25) is 0 Å². The van der Waals surface area contributed by atoms with Crippen molar-refractivity contribution in [3.8, 4) is 28.5 Å². The van der Waals surface area contributed by atoms with E-state index in [4.69, 9.17) is 14.2 Å². The van der Waals surface area contributed by atoms with Crippen LogP contribution in [0.2, 0.25) is 0 Å². The fourth-order valence-corrected chi connectivity index (χ4v) is 2.15. The number of ether oxygens (including phenoxy) is 3. The fraction of sp³-hybridized carbons (Fsp3) is 0.312. The Bertz CT molecular complexity index is 615. The Balaban J connectivity index is 2.64. The second-order valence-electron chi connectivity index (χ2n) is 4.51. The van der Waals surface area contributed by atoms with Gasteiger partial charge in [-0.05, 0) is 18.6 Å². The number of hydrogen-bond acceptors (Lipinski definition) is 5. The molecule has 2 rings (SSSR count). The lowest BCUT2D eigenvalue weighted by Crippen LogP contribution is -1.99. The van der Waals surface area contributed by atoms with Crippen LogP contribution in [0.3, 0.4) is 0 Å². The van der Waals surface area contributed by atoms with Gasteiger partial charge >= 0.3 is 0 Å². The van der Waals surface area contributed by atoms with Crippen molar-refractivity contribution < 1.29 is 19.3 Å². The first-order valence-electron chi connectivity index (χ1n) is 6.52. The highest BCUT2D eigenvalue weighted by Gasteiger charge is 2.17. The minimum Gasteiger partial charge on any atom is -0.496 e. The molecule has 112 valence electrons. The van der Waals surface area contributed by atoms with Gasteiger partial charge in [-0.2, -0.15) is 0 Å². The summed E-state index contributed by atoms with van der Waals surface area (Å²) in [6, 6.07) is 7.26. The lowest BCUT2D eigenvalue weighted by molar-refractivity contribution is 0.280. The number of pyridine rings is 1. The molecular formula is C16H19NO4. The van der Waals surface area contributed by atoms with Gasteiger partial charge < -0.3 is 19.3 Å². The van der Waals surface area contributed by atoms with E-state index in [0.717, 1.165) is 22.5 Å². The molecule has 1 N–H and O–H groups in total. The number of aryl methyl sites for hydroxylation is 1. The third-order valence-corrected chi connectivity index (χ3v) is 3.34. The summed E-state index contributed by atoms with van der Waals surface area (Å²) in [6.45, 7) is 1.83. The monoisotopic (exact) mass is 289 g/mol. The van der Waals surface area contributed by atoms with Crippen LogP contribution in [0.1, 0.15) is 11.3 Å². The summed E-state index contributed by atoms with van der Waals surface area (Å²) in [5.74, 6) is 1.89. The molecule has 0 radical (unpaired) electrons. The van der Waals surface area contributed by atoms with Gasteiger partial charge in [-0.3, -0.25) is 4.98 Å². The molecule has 1 aromatic heterocycles. The molecule has 1 heterocycles. The predicted octanol–water partition coefficient (Wildman–Crippen LogP) is 2.58. The number of hydrogen-bond donors (Lipinski definition) is 1. The van der Waals surface area contributed by atoms with Gasteiger partial charge in [0.05, 0.1) is 39.2 Å². The van der Waals surface area contributed by atoms with Crippen molar-refractivity contribution in [1.82, 2.24) is 4.98 Å². The molecule has 0 aliphatic rings. The molecule has 0 atom stereocenters. The fourth-order valence-electron chi connectivity index (χ4n) is 2.15. The summed E-state index contributed by atoms with van der Waals surface area (Å²) < 4.78 is 16.1. The molecule has 0 aliphatic heterocycles. The second-order valence-corrected chi connectivity index (χ2v) is 4.51. The average Bonchev–Trinajstić information content (AvgIpc) is 2.53. The molecule has 0 saturated heterocycles. The molecule has 0 fully saturated rings.